The van der Waals surface area contributed by atoms with Crippen LogP contribution in [-0.4, -0.2) is 29.6 Å². The average molecular weight is 290 g/mol. The SMILES string of the molecule is N[C@@H](Cc1ccccc1)C(=O)NCC1CCCC1C(=O)O. The zero-order valence-corrected chi connectivity index (χ0v) is 12.0. The lowest BCUT2D eigenvalue weighted by Crippen LogP contribution is -2.44. The summed E-state index contributed by atoms with van der Waals surface area (Å²) in [7, 11) is 0. The third kappa shape index (κ3) is 4.29. The van der Waals surface area contributed by atoms with Gasteiger partial charge in [-0.3, -0.25) is 9.59 Å². The van der Waals surface area contributed by atoms with Gasteiger partial charge in [-0.2, -0.15) is 0 Å². The molecule has 2 rings (SSSR count). The molecule has 0 spiro atoms. The van der Waals surface area contributed by atoms with Crippen molar-refractivity contribution in [3.8, 4) is 0 Å². The second-order valence-electron chi connectivity index (χ2n) is 5.68. The Hall–Kier alpha value is -1.88. The van der Waals surface area contributed by atoms with Gasteiger partial charge in [0.1, 0.15) is 0 Å². The van der Waals surface area contributed by atoms with Gasteiger partial charge in [0.25, 0.3) is 0 Å². The van der Waals surface area contributed by atoms with Crippen molar-refractivity contribution in [2.45, 2.75) is 31.7 Å². The number of carboxylic acids is 1. The second kappa shape index (κ2) is 7.22. The highest BCUT2D eigenvalue weighted by Gasteiger charge is 2.33. The molecule has 114 valence electrons. The van der Waals surface area contributed by atoms with Crippen LogP contribution in [-0.2, 0) is 16.0 Å². The molecule has 3 atom stereocenters. The summed E-state index contributed by atoms with van der Waals surface area (Å²) in [5.41, 5.74) is 6.92. The maximum Gasteiger partial charge on any atom is 0.306 e. The molecule has 1 amide bonds. The second-order valence-corrected chi connectivity index (χ2v) is 5.68. The van der Waals surface area contributed by atoms with Crippen molar-refractivity contribution in [1.82, 2.24) is 5.32 Å². The number of hydrogen-bond acceptors (Lipinski definition) is 3. The van der Waals surface area contributed by atoms with Crippen molar-refractivity contribution >= 4 is 11.9 Å². The number of rotatable bonds is 6. The number of carbonyl (C=O) groups is 2. The number of aliphatic carboxylic acids is 1. The van der Waals surface area contributed by atoms with Crippen LogP contribution in [0.2, 0.25) is 0 Å². The van der Waals surface area contributed by atoms with E-state index in [9.17, 15) is 9.59 Å². The number of benzene rings is 1. The van der Waals surface area contributed by atoms with E-state index in [1.807, 2.05) is 30.3 Å². The predicted molar refractivity (Wildman–Crippen MR) is 79.6 cm³/mol. The quantitative estimate of drug-likeness (QED) is 0.733. The Kier molecular flexibility index (Phi) is 5.33. The number of carboxylic acid groups (broad SMARTS) is 1. The van der Waals surface area contributed by atoms with Gasteiger partial charge in [-0.15, -0.1) is 0 Å². The fourth-order valence-electron chi connectivity index (χ4n) is 2.93. The predicted octanol–water partition coefficient (Wildman–Crippen LogP) is 1.17. The lowest BCUT2D eigenvalue weighted by molar-refractivity contribution is -0.143. The monoisotopic (exact) mass is 290 g/mol. The van der Waals surface area contributed by atoms with E-state index in [0.717, 1.165) is 18.4 Å². The van der Waals surface area contributed by atoms with E-state index in [0.29, 0.717) is 19.4 Å². The van der Waals surface area contributed by atoms with Gasteiger partial charge in [-0.25, -0.2) is 0 Å². The van der Waals surface area contributed by atoms with Crippen molar-refractivity contribution in [3.05, 3.63) is 35.9 Å². The number of amides is 1. The minimum Gasteiger partial charge on any atom is -0.481 e. The van der Waals surface area contributed by atoms with E-state index in [-0.39, 0.29) is 17.7 Å². The van der Waals surface area contributed by atoms with E-state index in [1.165, 1.54) is 0 Å². The van der Waals surface area contributed by atoms with Gasteiger partial charge in [-0.05, 0) is 30.7 Å². The molecule has 1 aromatic rings. The molecule has 0 aromatic heterocycles. The molecular weight excluding hydrogens is 268 g/mol. The molecule has 1 aromatic carbocycles. The van der Waals surface area contributed by atoms with Gasteiger partial charge < -0.3 is 16.2 Å². The molecule has 5 nitrogen and oxygen atoms in total. The van der Waals surface area contributed by atoms with Crippen LogP contribution in [0.5, 0.6) is 0 Å². The average Bonchev–Trinajstić information content (AvgIpc) is 2.94. The van der Waals surface area contributed by atoms with Crippen LogP contribution >= 0.6 is 0 Å². The summed E-state index contributed by atoms with van der Waals surface area (Å²) < 4.78 is 0. The standard InChI is InChI=1S/C16H22N2O3/c17-14(9-11-5-2-1-3-6-11)15(19)18-10-12-7-4-8-13(12)16(20)21/h1-3,5-6,12-14H,4,7-10,17H2,(H,18,19)(H,20,21)/t12?,13?,14-/m0/s1. The van der Waals surface area contributed by atoms with Gasteiger partial charge in [0.05, 0.1) is 12.0 Å². The maximum atomic E-state index is 12.0. The Bertz CT molecular complexity index is 490. The first-order valence-electron chi connectivity index (χ1n) is 7.38. The lowest BCUT2D eigenvalue weighted by atomic mass is 9.96. The van der Waals surface area contributed by atoms with Crippen molar-refractivity contribution < 1.29 is 14.7 Å². The Morgan fingerprint density at radius 3 is 2.67 bits per heavy atom. The number of hydrogen-bond donors (Lipinski definition) is 3. The topological polar surface area (TPSA) is 92.4 Å². The van der Waals surface area contributed by atoms with Gasteiger partial charge in [0, 0.05) is 6.54 Å². The molecule has 2 unspecified atom stereocenters. The molecule has 0 bridgehead atoms. The number of carbonyl (C=O) groups excluding carboxylic acids is 1. The highest BCUT2D eigenvalue weighted by molar-refractivity contribution is 5.81. The number of nitrogens with one attached hydrogen (secondary N) is 1. The highest BCUT2D eigenvalue weighted by atomic mass is 16.4. The van der Waals surface area contributed by atoms with Crippen LogP contribution in [0.3, 0.4) is 0 Å². The molecule has 0 saturated heterocycles. The summed E-state index contributed by atoms with van der Waals surface area (Å²) >= 11 is 0. The summed E-state index contributed by atoms with van der Waals surface area (Å²) in [4.78, 5) is 23.1. The Labute approximate surface area is 124 Å². The molecule has 1 aliphatic carbocycles. The third-order valence-corrected chi connectivity index (χ3v) is 4.15. The summed E-state index contributed by atoms with van der Waals surface area (Å²) in [6, 6.07) is 9.01. The first-order chi connectivity index (χ1) is 10.1. The van der Waals surface area contributed by atoms with Crippen LogP contribution in [0.1, 0.15) is 24.8 Å². The van der Waals surface area contributed by atoms with Crippen molar-refractivity contribution in [1.29, 1.82) is 0 Å². The largest absolute Gasteiger partial charge is 0.481 e. The van der Waals surface area contributed by atoms with E-state index >= 15 is 0 Å². The van der Waals surface area contributed by atoms with Gasteiger partial charge in [0.15, 0.2) is 0 Å². The smallest absolute Gasteiger partial charge is 0.306 e. The minimum absolute atomic E-state index is 0.0235. The van der Waals surface area contributed by atoms with Gasteiger partial charge >= 0.3 is 5.97 Å². The molecule has 5 heteroatoms. The third-order valence-electron chi connectivity index (χ3n) is 4.15. The molecule has 1 fully saturated rings. The summed E-state index contributed by atoms with van der Waals surface area (Å²) in [6.45, 7) is 0.401. The van der Waals surface area contributed by atoms with Crippen molar-refractivity contribution in [3.63, 3.8) is 0 Å². The van der Waals surface area contributed by atoms with Crippen LogP contribution < -0.4 is 11.1 Å². The van der Waals surface area contributed by atoms with Gasteiger partial charge in [0.2, 0.25) is 5.91 Å². The van der Waals surface area contributed by atoms with Crippen LogP contribution in [0.15, 0.2) is 30.3 Å². The molecule has 1 saturated carbocycles. The first kappa shape index (κ1) is 15.5. The van der Waals surface area contributed by atoms with E-state index in [1.54, 1.807) is 0 Å². The van der Waals surface area contributed by atoms with Crippen LogP contribution in [0.25, 0.3) is 0 Å². The van der Waals surface area contributed by atoms with Crippen LogP contribution in [0, 0.1) is 11.8 Å². The van der Waals surface area contributed by atoms with Crippen LogP contribution in [0.4, 0.5) is 0 Å². The lowest BCUT2D eigenvalue weighted by Gasteiger charge is -2.18. The fraction of sp³-hybridized carbons (Fsp3) is 0.500. The first-order valence-corrected chi connectivity index (χ1v) is 7.38. The molecule has 0 heterocycles. The Morgan fingerprint density at radius 1 is 1.29 bits per heavy atom. The fourth-order valence-corrected chi connectivity index (χ4v) is 2.93. The van der Waals surface area contributed by atoms with E-state index in [2.05, 4.69) is 5.32 Å². The molecule has 1 aliphatic rings. The molecule has 21 heavy (non-hydrogen) atoms. The normalized spacial score (nSPS) is 22.7. The molecule has 0 aliphatic heterocycles. The highest BCUT2D eigenvalue weighted by Crippen LogP contribution is 2.31. The minimum atomic E-state index is -0.764. The van der Waals surface area contributed by atoms with E-state index < -0.39 is 12.0 Å². The summed E-state index contributed by atoms with van der Waals surface area (Å²) in [6.07, 6.45) is 2.95. The zero-order chi connectivity index (χ0) is 15.2. The van der Waals surface area contributed by atoms with E-state index in [4.69, 9.17) is 10.8 Å². The molecule has 0 radical (unpaired) electrons. The Balaban J connectivity index is 1.80. The number of nitrogens with two attached hydrogens (primary N) is 1. The zero-order valence-electron chi connectivity index (χ0n) is 12.0. The van der Waals surface area contributed by atoms with Crippen molar-refractivity contribution in [2.24, 2.45) is 17.6 Å². The van der Waals surface area contributed by atoms with Crippen molar-refractivity contribution in [2.75, 3.05) is 6.54 Å². The Morgan fingerprint density at radius 2 is 2.00 bits per heavy atom. The summed E-state index contributed by atoms with van der Waals surface area (Å²) in [5, 5.41) is 11.9. The molecular formula is C16H22N2O3. The van der Waals surface area contributed by atoms with Gasteiger partial charge in [-0.1, -0.05) is 36.8 Å². The summed E-state index contributed by atoms with van der Waals surface area (Å²) in [5.74, 6) is -1.29. The molecule has 4 N–H and O–H groups in total. The maximum absolute atomic E-state index is 12.0.